The van der Waals surface area contributed by atoms with Crippen molar-refractivity contribution in [2.75, 3.05) is 0 Å². The van der Waals surface area contributed by atoms with E-state index in [1.54, 1.807) is 18.3 Å². The molecule has 1 aliphatic rings. The summed E-state index contributed by atoms with van der Waals surface area (Å²) in [6.45, 7) is 0.632. The van der Waals surface area contributed by atoms with E-state index in [1.165, 1.54) is 6.07 Å². The van der Waals surface area contributed by atoms with Crippen LogP contribution in [0.15, 0.2) is 66.9 Å². The van der Waals surface area contributed by atoms with Crippen LogP contribution in [0.3, 0.4) is 0 Å². The third-order valence-electron chi connectivity index (χ3n) is 6.33. The number of hydrogen-bond acceptors (Lipinski definition) is 1. The quantitative estimate of drug-likeness (QED) is 0.164. The van der Waals surface area contributed by atoms with Crippen LogP contribution in [-0.2, 0) is 5.41 Å². The topological polar surface area (TPSA) is 12.9 Å². The minimum absolute atomic E-state index is 0.253. The Hall–Kier alpha value is -3.68. The van der Waals surface area contributed by atoms with E-state index in [-0.39, 0.29) is 11.1 Å². The number of benzene rings is 3. The molecule has 172 valence electrons. The van der Waals surface area contributed by atoms with Gasteiger partial charge in [-0.15, -0.1) is 0 Å². The largest absolute Gasteiger partial charge is 0.402 e. The Morgan fingerprint density at radius 1 is 0.706 bits per heavy atom. The van der Waals surface area contributed by atoms with E-state index in [0.717, 1.165) is 23.3 Å². The Balaban J connectivity index is 1.70. The number of nitrogens with zero attached hydrogens (tertiary/aromatic N) is 1. The lowest BCUT2D eigenvalue weighted by Crippen LogP contribution is -2.40. The van der Waals surface area contributed by atoms with Crippen molar-refractivity contribution < 1.29 is 30.7 Å². The van der Waals surface area contributed by atoms with Crippen LogP contribution in [0.25, 0.3) is 33.5 Å². The fraction of sp³-hybridized carbons (Fsp3) is 0.115. The molecule has 5 rings (SSSR count). The molecule has 0 amide bonds. The molecule has 8 heteroatoms. The molecular formula is C26H14F7N. The molecule has 34 heavy (non-hydrogen) atoms. The molecule has 0 N–H and O–H groups in total. The van der Waals surface area contributed by atoms with E-state index < -0.39 is 51.6 Å². The van der Waals surface area contributed by atoms with E-state index >= 15 is 0 Å². The molecule has 1 aromatic heterocycles. The minimum atomic E-state index is -5.13. The highest BCUT2D eigenvalue weighted by Crippen LogP contribution is 2.58. The number of fused-ring (bicyclic) bond motifs is 3. The summed E-state index contributed by atoms with van der Waals surface area (Å²) in [6, 6.07) is 16.3. The van der Waals surface area contributed by atoms with Gasteiger partial charge < -0.3 is 0 Å². The highest BCUT2D eigenvalue weighted by atomic mass is 19.4. The van der Waals surface area contributed by atoms with Crippen molar-refractivity contribution in [3.63, 3.8) is 0 Å². The molecule has 1 aliphatic carbocycles. The predicted octanol–water partition coefficient (Wildman–Crippen LogP) is 7.82. The van der Waals surface area contributed by atoms with Crippen molar-refractivity contribution in [3.05, 3.63) is 101 Å². The highest BCUT2D eigenvalue weighted by Gasteiger charge is 2.61. The molecule has 0 bridgehead atoms. The third-order valence-corrected chi connectivity index (χ3v) is 6.33. The Labute approximate surface area is 189 Å². The summed E-state index contributed by atoms with van der Waals surface area (Å²) in [5, 5.41) is 0. The predicted molar refractivity (Wildman–Crippen MR) is 113 cm³/mol. The van der Waals surface area contributed by atoms with Gasteiger partial charge in [0.2, 0.25) is 0 Å². The lowest BCUT2D eigenvalue weighted by atomic mass is 9.78. The van der Waals surface area contributed by atoms with Gasteiger partial charge in [0, 0.05) is 28.5 Å². The minimum Gasteiger partial charge on any atom is -0.256 e. The average molecular weight is 473 g/mol. The van der Waals surface area contributed by atoms with Crippen LogP contribution >= 0.6 is 0 Å². The number of alkyl halides is 3. The van der Waals surface area contributed by atoms with Crippen molar-refractivity contribution in [1.82, 2.24) is 4.98 Å². The zero-order valence-corrected chi connectivity index (χ0v) is 17.4. The fourth-order valence-corrected chi connectivity index (χ4v) is 4.48. The number of halogens is 7. The van der Waals surface area contributed by atoms with E-state index in [0.29, 0.717) is 12.6 Å². The molecule has 1 unspecified atom stereocenters. The number of hydrogen-bond donors (Lipinski definition) is 0. The van der Waals surface area contributed by atoms with Gasteiger partial charge >= 0.3 is 6.18 Å². The van der Waals surface area contributed by atoms with Crippen LogP contribution in [0.5, 0.6) is 0 Å². The standard InChI is InChI=1S/C26H14F7N/c1-25(26(31,32)33)17-11-14(18-10-8-15(12-34-18)13-5-3-2-4-6-13)7-9-16(17)19-20(25)22(28)24(30)23(29)21(19)27/h2-12H,1H3. The summed E-state index contributed by atoms with van der Waals surface area (Å²) < 4.78 is 100. The van der Waals surface area contributed by atoms with Crippen molar-refractivity contribution >= 4 is 0 Å². The molecule has 1 heterocycles. The molecule has 3 aromatic carbocycles. The van der Waals surface area contributed by atoms with Crippen molar-refractivity contribution in [3.8, 4) is 33.5 Å². The van der Waals surface area contributed by atoms with Crippen LogP contribution in [0.1, 0.15) is 18.1 Å². The van der Waals surface area contributed by atoms with Crippen LogP contribution in [0, 0.1) is 23.3 Å². The molecule has 0 spiro atoms. The monoisotopic (exact) mass is 473 g/mol. The van der Waals surface area contributed by atoms with Gasteiger partial charge in [0.05, 0.1) is 5.69 Å². The van der Waals surface area contributed by atoms with Crippen LogP contribution in [0.2, 0.25) is 0 Å². The maximum Gasteiger partial charge on any atom is 0.402 e. The van der Waals surface area contributed by atoms with E-state index in [1.807, 2.05) is 30.3 Å². The Kier molecular flexibility index (Phi) is 4.83. The van der Waals surface area contributed by atoms with Gasteiger partial charge in [0.25, 0.3) is 0 Å². The first-order valence-corrected chi connectivity index (χ1v) is 10.2. The number of aromatic nitrogens is 1. The first-order valence-electron chi connectivity index (χ1n) is 10.2. The molecule has 0 saturated heterocycles. The molecule has 4 aromatic rings. The second-order valence-corrected chi connectivity index (χ2v) is 8.19. The van der Waals surface area contributed by atoms with Gasteiger partial charge in [-0.1, -0.05) is 48.5 Å². The van der Waals surface area contributed by atoms with Gasteiger partial charge in [-0.05, 0) is 35.7 Å². The van der Waals surface area contributed by atoms with Gasteiger partial charge in [-0.2, -0.15) is 13.2 Å². The van der Waals surface area contributed by atoms with Crippen molar-refractivity contribution in [2.45, 2.75) is 18.5 Å². The van der Waals surface area contributed by atoms with Gasteiger partial charge in [-0.3, -0.25) is 4.98 Å². The molecule has 1 atom stereocenters. The Bertz CT molecular complexity index is 1430. The normalized spacial score (nSPS) is 16.9. The smallest absolute Gasteiger partial charge is 0.256 e. The van der Waals surface area contributed by atoms with Gasteiger partial charge in [-0.25, -0.2) is 17.6 Å². The van der Waals surface area contributed by atoms with Crippen LogP contribution in [0.4, 0.5) is 30.7 Å². The molecule has 1 nitrogen and oxygen atoms in total. The SMILES string of the molecule is CC1(C(F)(F)F)c2cc(-c3ccc(-c4ccccc4)cn3)ccc2-c2c(F)c(F)c(F)c(F)c21. The second-order valence-electron chi connectivity index (χ2n) is 8.19. The summed E-state index contributed by atoms with van der Waals surface area (Å²) in [5.74, 6) is -8.35. The summed E-state index contributed by atoms with van der Waals surface area (Å²) >= 11 is 0. The lowest BCUT2D eigenvalue weighted by Gasteiger charge is -2.30. The Morgan fingerprint density at radius 3 is 1.97 bits per heavy atom. The first-order chi connectivity index (χ1) is 16.1. The molecular weight excluding hydrogens is 459 g/mol. The fourth-order valence-electron chi connectivity index (χ4n) is 4.48. The van der Waals surface area contributed by atoms with Crippen LogP contribution < -0.4 is 0 Å². The van der Waals surface area contributed by atoms with E-state index in [9.17, 15) is 30.7 Å². The number of rotatable bonds is 2. The summed E-state index contributed by atoms with van der Waals surface area (Å²) in [6.07, 6.45) is -3.58. The zero-order chi connectivity index (χ0) is 24.4. The lowest BCUT2D eigenvalue weighted by molar-refractivity contribution is -0.172. The van der Waals surface area contributed by atoms with Gasteiger partial charge in [0.1, 0.15) is 5.41 Å². The maximum atomic E-state index is 14.7. The van der Waals surface area contributed by atoms with Crippen molar-refractivity contribution in [1.29, 1.82) is 0 Å². The summed E-state index contributed by atoms with van der Waals surface area (Å²) in [4.78, 5) is 4.32. The summed E-state index contributed by atoms with van der Waals surface area (Å²) in [5.41, 5.74) is -3.90. The second kappa shape index (κ2) is 7.41. The Morgan fingerprint density at radius 2 is 1.35 bits per heavy atom. The van der Waals surface area contributed by atoms with E-state index in [2.05, 4.69) is 4.98 Å². The van der Waals surface area contributed by atoms with Gasteiger partial charge in [0.15, 0.2) is 23.3 Å². The van der Waals surface area contributed by atoms with E-state index in [4.69, 9.17) is 0 Å². The average Bonchev–Trinajstić information content (AvgIpc) is 3.11. The third kappa shape index (κ3) is 2.97. The van der Waals surface area contributed by atoms with Crippen molar-refractivity contribution in [2.24, 2.45) is 0 Å². The number of pyridine rings is 1. The first kappa shape index (κ1) is 22.1. The molecule has 0 saturated carbocycles. The van der Waals surface area contributed by atoms with Crippen LogP contribution in [-0.4, -0.2) is 11.2 Å². The maximum absolute atomic E-state index is 14.7. The summed E-state index contributed by atoms with van der Waals surface area (Å²) in [7, 11) is 0. The highest BCUT2D eigenvalue weighted by molar-refractivity contribution is 5.84. The molecule has 0 radical (unpaired) electrons. The molecule has 0 aliphatic heterocycles. The zero-order valence-electron chi connectivity index (χ0n) is 17.4. The molecule has 0 fully saturated rings.